The van der Waals surface area contributed by atoms with Gasteiger partial charge in [0.05, 0.1) is 5.56 Å². The van der Waals surface area contributed by atoms with Gasteiger partial charge in [-0.15, -0.1) is 0 Å². The van der Waals surface area contributed by atoms with E-state index < -0.39 is 5.66 Å². The fraction of sp³-hybridized carbons (Fsp3) is 0.235. The molecule has 1 aliphatic heterocycles. The number of hydrogen-bond acceptors (Lipinski definition) is 2. The quantitative estimate of drug-likeness (QED) is 0.858. The summed E-state index contributed by atoms with van der Waals surface area (Å²) in [5.74, 6) is 0.0448. The summed E-state index contributed by atoms with van der Waals surface area (Å²) >= 11 is 0. The lowest BCUT2D eigenvalue weighted by Gasteiger charge is -2.44. The first-order chi connectivity index (χ1) is 9.52. The third-order valence-electron chi connectivity index (χ3n) is 4.09. The minimum atomic E-state index is -0.530. The number of para-hydroxylation sites is 1. The van der Waals surface area contributed by atoms with Crippen LogP contribution in [0.25, 0.3) is 0 Å². The van der Waals surface area contributed by atoms with Crippen LogP contribution in [-0.4, -0.2) is 17.9 Å². The Balaban J connectivity index is 2.14. The van der Waals surface area contributed by atoms with Crippen molar-refractivity contribution in [3.8, 4) is 0 Å². The van der Waals surface area contributed by atoms with Crippen LogP contribution < -0.4 is 5.32 Å². The molecule has 0 radical (unpaired) electrons. The van der Waals surface area contributed by atoms with E-state index in [4.69, 9.17) is 0 Å². The first kappa shape index (κ1) is 12.7. The maximum absolute atomic E-state index is 12.6. The predicted octanol–water partition coefficient (Wildman–Crippen LogP) is 3.37. The highest BCUT2D eigenvalue weighted by molar-refractivity contribution is 6.02. The molecule has 0 aromatic heterocycles. The van der Waals surface area contributed by atoms with Gasteiger partial charge >= 0.3 is 0 Å². The SMILES string of the molecule is Cc1cccc([C@]2(C)Nc3ccccc3C(=O)N2C)c1. The minimum Gasteiger partial charge on any atom is -0.358 e. The van der Waals surface area contributed by atoms with Gasteiger partial charge in [-0.3, -0.25) is 4.79 Å². The van der Waals surface area contributed by atoms with E-state index >= 15 is 0 Å². The summed E-state index contributed by atoms with van der Waals surface area (Å²) < 4.78 is 0. The molecule has 0 saturated carbocycles. The van der Waals surface area contributed by atoms with Crippen molar-refractivity contribution in [2.45, 2.75) is 19.5 Å². The van der Waals surface area contributed by atoms with Gasteiger partial charge in [0, 0.05) is 12.7 Å². The molecule has 1 N–H and O–H groups in total. The number of aryl methyl sites for hydroxylation is 1. The lowest BCUT2D eigenvalue weighted by molar-refractivity contribution is 0.0615. The van der Waals surface area contributed by atoms with Crippen LogP contribution in [0.2, 0.25) is 0 Å². The van der Waals surface area contributed by atoms with E-state index in [1.165, 1.54) is 5.56 Å². The van der Waals surface area contributed by atoms with Crippen molar-refractivity contribution >= 4 is 11.6 Å². The maximum atomic E-state index is 12.6. The van der Waals surface area contributed by atoms with E-state index in [1.54, 1.807) is 4.90 Å². The summed E-state index contributed by atoms with van der Waals surface area (Å²) in [5, 5.41) is 3.50. The van der Waals surface area contributed by atoms with E-state index in [-0.39, 0.29) is 5.91 Å². The summed E-state index contributed by atoms with van der Waals surface area (Å²) in [4.78, 5) is 14.3. The molecule has 1 heterocycles. The molecule has 0 bridgehead atoms. The topological polar surface area (TPSA) is 32.3 Å². The van der Waals surface area contributed by atoms with Crippen LogP contribution in [0.5, 0.6) is 0 Å². The molecule has 3 nitrogen and oxygen atoms in total. The summed E-state index contributed by atoms with van der Waals surface area (Å²) in [6.07, 6.45) is 0. The van der Waals surface area contributed by atoms with Crippen LogP contribution in [0.15, 0.2) is 48.5 Å². The molecule has 2 aromatic rings. The van der Waals surface area contributed by atoms with Crippen molar-refractivity contribution in [1.29, 1.82) is 0 Å². The molecule has 20 heavy (non-hydrogen) atoms. The standard InChI is InChI=1S/C17H18N2O/c1-12-7-6-8-13(11-12)17(2)18-15-10-5-4-9-14(15)16(20)19(17)3/h4-11,18H,1-3H3/t17-/m1/s1. The Morgan fingerprint density at radius 3 is 2.60 bits per heavy atom. The van der Waals surface area contributed by atoms with Crippen molar-refractivity contribution in [1.82, 2.24) is 4.90 Å². The number of carbonyl (C=O) groups is 1. The number of benzene rings is 2. The van der Waals surface area contributed by atoms with Crippen molar-refractivity contribution in [2.75, 3.05) is 12.4 Å². The summed E-state index contributed by atoms with van der Waals surface area (Å²) in [6.45, 7) is 4.10. The van der Waals surface area contributed by atoms with Crippen molar-refractivity contribution in [3.63, 3.8) is 0 Å². The molecular weight excluding hydrogens is 248 g/mol. The number of amides is 1. The molecule has 1 aliphatic rings. The molecule has 0 fully saturated rings. The lowest BCUT2D eigenvalue weighted by Crippen LogP contribution is -2.53. The zero-order valence-electron chi connectivity index (χ0n) is 12.0. The van der Waals surface area contributed by atoms with Gasteiger partial charge in [0.1, 0.15) is 5.66 Å². The van der Waals surface area contributed by atoms with Gasteiger partial charge in [-0.1, -0.05) is 42.0 Å². The second-order valence-electron chi connectivity index (χ2n) is 5.48. The van der Waals surface area contributed by atoms with Crippen LogP contribution in [-0.2, 0) is 5.66 Å². The third kappa shape index (κ3) is 1.78. The average molecular weight is 266 g/mol. The van der Waals surface area contributed by atoms with Gasteiger partial charge in [-0.05, 0) is 31.5 Å². The first-order valence-corrected chi connectivity index (χ1v) is 6.75. The summed E-state index contributed by atoms with van der Waals surface area (Å²) in [5.41, 5.74) is 3.35. The number of rotatable bonds is 1. The Hall–Kier alpha value is -2.29. The van der Waals surface area contributed by atoms with Gasteiger partial charge < -0.3 is 10.2 Å². The van der Waals surface area contributed by atoms with Crippen LogP contribution in [0.3, 0.4) is 0 Å². The van der Waals surface area contributed by atoms with E-state index in [0.717, 1.165) is 16.8 Å². The average Bonchev–Trinajstić information content (AvgIpc) is 2.45. The fourth-order valence-corrected chi connectivity index (χ4v) is 2.72. The molecule has 3 rings (SSSR count). The second kappa shape index (κ2) is 4.37. The van der Waals surface area contributed by atoms with Gasteiger partial charge in [0.25, 0.3) is 5.91 Å². The Morgan fingerprint density at radius 2 is 1.85 bits per heavy atom. The molecule has 1 amide bonds. The van der Waals surface area contributed by atoms with Crippen LogP contribution in [0.1, 0.15) is 28.4 Å². The number of carbonyl (C=O) groups excluding carboxylic acids is 1. The lowest BCUT2D eigenvalue weighted by atomic mass is 9.93. The Kier molecular flexibility index (Phi) is 2.78. The molecule has 2 aromatic carbocycles. The summed E-state index contributed by atoms with van der Waals surface area (Å²) in [7, 11) is 1.84. The van der Waals surface area contributed by atoms with E-state index in [2.05, 4.69) is 30.4 Å². The zero-order valence-corrected chi connectivity index (χ0v) is 12.0. The molecule has 1 atom stereocenters. The number of anilines is 1. The molecule has 102 valence electrons. The van der Waals surface area contributed by atoms with Gasteiger partial charge in [-0.2, -0.15) is 0 Å². The highest BCUT2D eigenvalue weighted by Crippen LogP contribution is 2.36. The molecule has 0 unspecified atom stereocenters. The monoisotopic (exact) mass is 266 g/mol. The number of hydrogen-bond donors (Lipinski definition) is 1. The van der Waals surface area contributed by atoms with E-state index in [1.807, 2.05) is 44.3 Å². The van der Waals surface area contributed by atoms with Crippen molar-refractivity contribution in [3.05, 3.63) is 65.2 Å². The maximum Gasteiger partial charge on any atom is 0.257 e. The third-order valence-corrected chi connectivity index (χ3v) is 4.09. The normalized spacial score (nSPS) is 21.4. The van der Waals surface area contributed by atoms with Gasteiger partial charge in [0.15, 0.2) is 0 Å². The molecular formula is C17H18N2O. The van der Waals surface area contributed by atoms with Crippen LogP contribution >= 0.6 is 0 Å². The highest BCUT2D eigenvalue weighted by atomic mass is 16.2. The molecule has 3 heteroatoms. The van der Waals surface area contributed by atoms with E-state index in [0.29, 0.717) is 0 Å². The van der Waals surface area contributed by atoms with Crippen molar-refractivity contribution in [2.24, 2.45) is 0 Å². The molecule has 0 spiro atoms. The number of nitrogens with zero attached hydrogens (tertiary/aromatic N) is 1. The second-order valence-corrected chi connectivity index (χ2v) is 5.48. The van der Waals surface area contributed by atoms with Crippen molar-refractivity contribution < 1.29 is 4.79 Å². The zero-order chi connectivity index (χ0) is 14.3. The first-order valence-electron chi connectivity index (χ1n) is 6.75. The summed E-state index contributed by atoms with van der Waals surface area (Å²) in [6, 6.07) is 15.9. The highest BCUT2D eigenvalue weighted by Gasteiger charge is 2.39. The smallest absolute Gasteiger partial charge is 0.257 e. The number of nitrogens with one attached hydrogen (secondary N) is 1. The predicted molar refractivity (Wildman–Crippen MR) is 80.7 cm³/mol. The Morgan fingerprint density at radius 1 is 1.10 bits per heavy atom. The Bertz CT molecular complexity index is 680. The largest absolute Gasteiger partial charge is 0.358 e. The fourth-order valence-electron chi connectivity index (χ4n) is 2.72. The Labute approximate surface area is 119 Å². The van der Waals surface area contributed by atoms with Gasteiger partial charge in [-0.25, -0.2) is 0 Å². The molecule has 0 saturated heterocycles. The van der Waals surface area contributed by atoms with Crippen LogP contribution in [0.4, 0.5) is 5.69 Å². The molecule has 0 aliphatic carbocycles. The number of fused-ring (bicyclic) bond motifs is 1. The van der Waals surface area contributed by atoms with Crippen LogP contribution in [0, 0.1) is 6.92 Å². The van der Waals surface area contributed by atoms with E-state index in [9.17, 15) is 4.79 Å². The minimum absolute atomic E-state index is 0.0448. The van der Waals surface area contributed by atoms with Gasteiger partial charge in [0.2, 0.25) is 0 Å².